The van der Waals surface area contributed by atoms with Crippen molar-refractivity contribution in [2.45, 2.75) is 37.8 Å². The van der Waals surface area contributed by atoms with Crippen LogP contribution in [0.2, 0.25) is 0 Å². The third-order valence-corrected chi connectivity index (χ3v) is 6.19. The lowest BCUT2D eigenvalue weighted by molar-refractivity contribution is -0.122. The molecule has 2 heterocycles. The molecule has 2 N–H and O–H groups in total. The van der Waals surface area contributed by atoms with Crippen molar-refractivity contribution in [3.05, 3.63) is 52.4 Å². The summed E-state index contributed by atoms with van der Waals surface area (Å²) in [6, 6.07) is 8.99. The molecule has 0 unspecified atom stereocenters. The molecule has 1 aromatic carbocycles. The minimum atomic E-state index is -0.188. The normalized spacial score (nSPS) is 17.7. The molecule has 0 aliphatic heterocycles. The molecular weight excluding hydrogens is 444 g/mol. The van der Waals surface area contributed by atoms with Crippen molar-refractivity contribution in [3.63, 3.8) is 0 Å². The zero-order valence-electron chi connectivity index (χ0n) is 20.2. The summed E-state index contributed by atoms with van der Waals surface area (Å²) in [5.74, 6) is 3.60. The summed E-state index contributed by atoms with van der Waals surface area (Å²) in [6.45, 7) is 0.358. The lowest BCUT2D eigenvalue weighted by atomic mass is 9.90. The first-order valence-electron chi connectivity index (χ1n) is 11.6. The van der Waals surface area contributed by atoms with Crippen LogP contribution in [0, 0.1) is 12.3 Å². The standard InChI is InChI=1S/C26H30N6O3/c1-5-17-14-24(34)32(19-12-10-18(11-13-19)28-23(33)16-31(2)3)25-20(17)15-27-26(30-25)29-21-8-6-7-9-22(21)35-4/h1,6-9,14-15,18-19H,10-13,16H2,2-4H3,(H,28,33)(H,27,29,30). The molecule has 9 nitrogen and oxygen atoms in total. The van der Waals surface area contributed by atoms with Crippen LogP contribution in [0.5, 0.6) is 5.75 Å². The van der Waals surface area contributed by atoms with Gasteiger partial charge in [-0.3, -0.25) is 14.2 Å². The van der Waals surface area contributed by atoms with Gasteiger partial charge in [-0.25, -0.2) is 4.98 Å². The summed E-state index contributed by atoms with van der Waals surface area (Å²) in [7, 11) is 5.33. The first-order chi connectivity index (χ1) is 16.9. The molecule has 1 fully saturated rings. The maximum atomic E-state index is 13.2. The molecule has 1 aliphatic rings. The summed E-state index contributed by atoms with van der Waals surface area (Å²) >= 11 is 0. The first-order valence-corrected chi connectivity index (χ1v) is 11.6. The van der Waals surface area contributed by atoms with Crippen LogP contribution in [-0.2, 0) is 4.79 Å². The van der Waals surface area contributed by atoms with E-state index in [0.29, 0.717) is 40.5 Å². The van der Waals surface area contributed by atoms with E-state index in [1.54, 1.807) is 17.9 Å². The molecule has 0 bridgehead atoms. The second-order valence-corrected chi connectivity index (χ2v) is 8.98. The van der Waals surface area contributed by atoms with Gasteiger partial charge in [0.15, 0.2) is 0 Å². The lowest BCUT2D eigenvalue weighted by Gasteiger charge is -2.31. The SMILES string of the molecule is C#Cc1cc(=O)n(C2CCC(NC(=O)CN(C)C)CC2)c2nc(Nc3ccccc3OC)ncc12. The number of amides is 1. The van der Waals surface area contributed by atoms with Crippen molar-refractivity contribution in [1.29, 1.82) is 0 Å². The van der Waals surface area contributed by atoms with Crippen LogP contribution >= 0.6 is 0 Å². The van der Waals surface area contributed by atoms with E-state index in [0.717, 1.165) is 25.7 Å². The Labute approximate surface area is 204 Å². The van der Waals surface area contributed by atoms with Crippen LogP contribution in [-0.4, -0.2) is 59.1 Å². The molecular formula is C26H30N6O3. The Hall–Kier alpha value is -3.90. The molecule has 4 rings (SSSR count). The van der Waals surface area contributed by atoms with Gasteiger partial charge in [0.1, 0.15) is 11.4 Å². The largest absolute Gasteiger partial charge is 0.495 e. The van der Waals surface area contributed by atoms with Gasteiger partial charge < -0.3 is 20.3 Å². The maximum Gasteiger partial charge on any atom is 0.253 e. The summed E-state index contributed by atoms with van der Waals surface area (Å²) in [5.41, 5.74) is 1.49. The van der Waals surface area contributed by atoms with Crippen LogP contribution < -0.4 is 20.9 Å². The Morgan fingerprint density at radius 1 is 1.26 bits per heavy atom. The third kappa shape index (κ3) is 5.44. The van der Waals surface area contributed by atoms with Gasteiger partial charge >= 0.3 is 0 Å². The number of hydrogen-bond donors (Lipinski definition) is 2. The van der Waals surface area contributed by atoms with Crippen molar-refractivity contribution in [2.24, 2.45) is 0 Å². The average molecular weight is 475 g/mol. The second kappa shape index (κ2) is 10.6. The number of benzene rings is 1. The van der Waals surface area contributed by atoms with E-state index in [1.807, 2.05) is 43.3 Å². The molecule has 0 radical (unpaired) electrons. The molecule has 1 saturated carbocycles. The fraction of sp³-hybridized carbons (Fsp3) is 0.385. The van der Waals surface area contributed by atoms with Crippen molar-refractivity contribution < 1.29 is 9.53 Å². The minimum absolute atomic E-state index is 0.0132. The van der Waals surface area contributed by atoms with Crippen LogP contribution in [0.4, 0.5) is 11.6 Å². The minimum Gasteiger partial charge on any atom is -0.495 e. The predicted octanol–water partition coefficient (Wildman–Crippen LogP) is 2.69. The highest BCUT2D eigenvalue weighted by molar-refractivity contribution is 5.83. The molecule has 0 saturated heterocycles. The topological polar surface area (TPSA) is 101 Å². The van der Waals surface area contributed by atoms with Gasteiger partial charge in [0.2, 0.25) is 11.9 Å². The Kier molecular flexibility index (Phi) is 7.32. The molecule has 0 atom stereocenters. The number of nitrogens with zero attached hydrogens (tertiary/aromatic N) is 4. The number of methoxy groups -OCH3 is 1. The van der Waals surface area contributed by atoms with Crippen LogP contribution in [0.15, 0.2) is 41.3 Å². The number of para-hydroxylation sites is 2. The van der Waals surface area contributed by atoms with E-state index in [4.69, 9.17) is 16.1 Å². The quantitative estimate of drug-likeness (QED) is 0.508. The Morgan fingerprint density at radius 3 is 2.69 bits per heavy atom. The number of carbonyl (C=O) groups is 1. The number of pyridine rings is 1. The number of nitrogens with one attached hydrogen (secondary N) is 2. The second-order valence-electron chi connectivity index (χ2n) is 8.98. The number of terminal acetylenes is 1. The number of aromatic nitrogens is 3. The number of fused-ring (bicyclic) bond motifs is 1. The van der Waals surface area contributed by atoms with Gasteiger partial charge in [0.05, 0.1) is 24.7 Å². The molecule has 9 heteroatoms. The molecule has 3 aromatic rings. The van der Waals surface area contributed by atoms with Gasteiger partial charge in [-0.15, -0.1) is 6.42 Å². The number of likely N-dealkylation sites (N-methyl/N-ethyl adjacent to an activating group) is 1. The van der Waals surface area contributed by atoms with Gasteiger partial charge in [0, 0.05) is 29.9 Å². The average Bonchev–Trinajstić information content (AvgIpc) is 2.84. The monoisotopic (exact) mass is 474 g/mol. The number of rotatable bonds is 7. The predicted molar refractivity (Wildman–Crippen MR) is 136 cm³/mol. The summed E-state index contributed by atoms with van der Waals surface area (Å²) in [6.07, 6.45) is 10.4. The Bertz CT molecular complexity index is 1320. The Morgan fingerprint density at radius 2 is 2.00 bits per heavy atom. The summed E-state index contributed by atoms with van der Waals surface area (Å²) in [4.78, 5) is 36.3. The fourth-order valence-corrected chi connectivity index (χ4v) is 4.56. The molecule has 35 heavy (non-hydrogen) atoms. The van der Waals surface area contributed by atoms with Gasteiger partial charge in [-0.1, -0.05) is 18.1 Å². The highest BCUT2D eigenvalue weighted by atomic mass is 16.5. The van der Waals surface area contributed by atoms with Crippen molar-refractivity contribution in [2.75, 3.05) is 33.1 Å². The molecule has 1 amide bonds. The zero-order valence-corrected chi connectivity index (χ0v) is 20.2. The van der Waals surface area contributed by atoms with E-state index < -0.39 is 0 Å². The smallest absolute Gasteiger partial charge is 0.253 e. The van der Waals surface area contributed by atoms with E-state index in [2.05, 4.69) is 21.5 Å². The summed E-state index contributed by atoms with van der Waals surface area (Å²) in [5, 5.41) is 6.93. The lowest BCUT2D eigenvalue weighted by Crippen LogP contribution is -2.42. The number of anilines is 2. The van der Waals surface area contributed by atoms with E-state index in [-0.39, 0.29) is 23.6 Å². The van der Waals surface area contributed by atoms with E-state index >= 15 is 0 Å². The zero-order chi connectivity index (χ0) is 24.9. The number of hydrogen-bond acceptors (Lipinski definition) is 7. The summed E-state index contributed by atoms with van der Waals surface area (Å²) < 4.78 is 7.13. The molecule has 0 spiro atoms. The fourth-order valence-electron chi connectivity index (χ4n) is 4.56. The maximum absolute atomic E-state index is 13.2. The van der Waals surface area contributed by atoms with Crippen LogP contribution in [0.3, 0.4) is 0 Å². The molecule has 2 aromatic heterocycles. The van der Waals surface area contributed by atoms with Crippen LogP contribution in [0.25, 0.3) is 11.0 Å². The highest BCUT2D eigenvalue weighted by Gasteiger charge is 2.26. The first kappa shape index (κ1) is 24.2. The van der Waals surface area contributed by atoms with Gasteiger partial charge in [-0.05, 0) is 51.9 Å². The van der Waals surface area contributed by atoms with E-state index in [1.165, 1.54) is 6.07 Å². The van der Waals surface area contributed by atoms with E-state index in [9.17, 15) is 9.59 Å². The van der Waals surface area contributed by atoms with Gasteiger partial charge in [0.25, 0.3) is 5.56 Å². The van der Waals surface area contributed by atoms with Crippen LogP contribution in [0.1, 0.15) is 37.3 Å². The Balaban J connectivity index is 1.63. The van der Waals surface area contributed by atoms with Crippen molar-refractivity contribution >= 4 is 28.6 Å². The van der Waals surface area contributed by atoms with Gasteiger partial charge in [-0.2, -0.15) is 4.98 Å². The molecule has 182 valence electrons. The number of carbonyl (C=O) groups excluding carboxylic acids is 1. The number of ether oxygens (including phenoxy) is 1. The molecule has 1 aliphatic carbocycles. The van der Waals surface area contributed by atoms with Crippen molar-refractivity contribution in [3.8, 4) is 18.1 Å². The third-order valence-electron chi connectivity index (χ3n) is 6.19. The van der Waals surface area contributed by atoms with Crippen molar-refractivity contribution in [1.82, 2.24) is 24.8 Å². The highest BCUT2D eigenvalue weighted by Crippen LogP contribution is 2.31.